The van der Waals surface area contributed by atoms with Gasteiger partial charge in [0.1, 0.15) is 18.6 Å². The lowest BCUT2D eigenvalue weighted by molar-refractivity contribution is -0.139. The summed E-state index contributed by atoms with van der Waals surface area (Å²) in [4.78, 5) is 58.6. The molecule has 12 heteroatoms. The zero-order valence-electron chi connectivity index (χ0n) is 16.9. The molecule has 0 aromatic carbocycles. The predicted octanol–water partition coefficient (Wildman–Crippen LogP) is -1.84. The minimum Gasteiger partial charge on any atom is -0.480 e. The number of primary amides is 1. The molecule has 0 heterocycles. The van der Waals surface area contributed by atoms with E-state index in [0.29, 0.717) is 12.2 Å². The van der Waals surface area contributed by atoms with Crippen molar-refractivity contribution < 1.29 is 29.1 Å². The molecule has 3 unspecified atom stereocenters. The van der Waals surface area contributed by atoms with E-state index in [-0.39, 0.29) is 18.8 Å². The van der Waals surface area contributed by atoms with Crippen LogP contribution in [0.3, 0.4) is 0 Å². The van der Waals surface area contributed by atoms with Crippen LogP contribution in [0.15, 0.2) is 0 Å². The maximum Gasteiger partial charge on any atom is 0.322 e. The summed E-state index contributed by atoms with van der Waals surface area (Å²) >= 11 is 1.47. The molecule has 8 N–H and O–H groups in total. The van der Waals surface area contributed by atoms with Gasteiger partial charge < -0.3 is 32.5 Å². The van der Waals surface area contributed by atoms with E-state index in [1.165, 1.54) is 11.8 Å². The Morgan fingerprint density at radius 3 is 2.10 bits per heavy atom. The highest BCUT2D eigenvalue weighted by Gasteiger charge is 2.29. The zero-order chi connectivity index (χ0) is 22.6. The molecule has 4 amide bonds. The van der Waals surface area contributed by atoms with Gasteiger partial charge in [0.25, 0.3) is 0 Å². The second-order valence-electron chi connectivity index (χ2n) is 6.80. The first kappa shape index (κ1) is 26.7. The number of carbonyl (C=O) groups is 5. The highest BCUT2D eigenvalue weighted by Crippen LogP contribution is 2.06. The summed E-state index contributed by atoms with van der Waals surface area (Å²) in [5.41, 5.74) is 10.8. The topological polar surface area (TPSA) is 194 Å². The van der Waals surface area contributed by atoms with Gasteiger partial charge in [-0.25, -0.2) is 0 Å². The molecular weight excluding hydrogens is 402 g/mol. The van der Waals surface area contributed by atoms with Crippen molar-refractivity contribution in [3.8, 4) is 0 Å². The molecule has 0 fully saturated rings. The maximum absolute atomic E-state index is 12.7. The molecule has 3 atom stereocenters. The number of hydrogen-bond donors (Lipinski definition) is 6. The van der Waals surface area contributed by atoms with E-state index < -0.39 is 54.3 Å². The quantitative estimate of drug-likeness (QED) is 0.184. The predicted molar refractivity (Wildman–Crippen MR) is 109 cm³/mol. The fraction of sp³-hybridized carbons (Fsp3) is 0.706. The molecule has 0 saturated carbocycles. The number of carboxylic acids is 1. The highest BCUT2D eigenvalue weighted by molar-refractivity contribution is 7.98. The van der Waals surface area contributed by atoms with Crippen molar-refractivity contribution in [2.24, 2.45) is 17.4 Å². The van der Waals surface area contributed by atoms with Gasteiger partial charge in [0.15, 0.2) is 0 Å². The largest absolute Gasteiger partial charge is 0.480 e. The fourth-order valence-corrected chi connectivity index (χ4v) is 2.75. The summed E-state index contributed by atoms with van der Waals surface area (Å²) in [7, 11) is 0. The average Bonchev–Trinajstić information content (AvgIpc) is 2.64. The third kappa shape index (κ3) is 11.3. The molecule has 0 aliphatic rings. The number of amides is 4. The van der Waals surface area contributed by atoms with Crippen molar-refractivity contribution in [1.82, 2.24) is 16.0 Å². The van der Waals surface area contributed by atoms with Gasteiger partial charge in [0.05, 0.1) is 6.04 Å². The molecule has 11 nitrogen and oxygen atoms in total. The summed E-state index contributed by atoms with van der Waals surface area (Å²) in [5.74, 6) is -3.37. The summed E-state index contributed by atoms with van der Waals surface area (Å²) < 4.78 is 0. The van der Waals surface area contributed by atoms with Crippen molar-refractivity contribution in [3.05, 3.63) is 0 Å². The van der Waals surface area contributed by atoms with E-state index >= 15 is 0 Å². The first-order valence-corrected chi connectivity index (χ1v) is 10.5. The van der Waals surface area contributed by atoms with Crippen LogP contribution in [-0.2, 0) is 24.0 Å². The molecule has 0 aliphatic heterocycles. The summed E-state index contributed by atoms with van der Waals surface area (Å²) in [6.45, 7) is 2.82. The van der Waals surface area contributed by atoms with Crippen molar-refractivity contribution in [2.75, 3.05) is 18.6 Å². The van der Waals surface area contributed by atoms with Gasteiger partial charge in [0.2, 0.25) is 23.6 Å². The molecule has 0 aromatic rings. The molecule has 0 aromatic heterocycles. The number of nitrogens with one attached hydrogen (secondary N) is 3. The van der Waals surface area contributed by atoms with Gasteiger partial charge in [0, 0.05) is 6.42 Å². The molecule has 0 spiro atoms. The van der Waals surface area contributed by atoms with E-state index in [2.05, 4.69) is 16.0 Å². The van der Waals surface area contributed by atoms with Crippen molar-refractivity contribution >= 4 is 41.4 Å². The Morgan fingerprint density at radius 1 is 1.00 bits per heavy atom. The first-order valence-electron chi connectivity index (χ1n) is 9.12. The molecule has 0 saturated heterocycles. The van der Waals surface area contributed by atoms with Gasteiger partial charge in [-0.3, -0.25) is 24.0 Å². The fourth-order valence-electron chi connectivity index (χ4n) is 2.27. The Kier molecular flexibility index (Phi) is 12.7. The number of rotatable bonds is 14. The van der Waals surface area contributed by atoms with Gasteiger partial charge in [-0.15, -0.1) is 0 Å². The van der Waals surface area contributed by atoms with Crippen molar-refractivity contribution in [2.45, 2.75) is 51.2 Å². The second kappa shape index (κ2) is 13.8. The zero-order valence-corrected chi connectivity index (χ0v) is 17.7. The third-order valence-corrected chi connectivity index (χ3v) is 4.59. The van der Waals surface area contributed by atoms with Crippen LogP contribution in [0.25, 0.3) is 0 Å². The van der Waals surface area contributed by atoms with Crippen LogP contribution in [0.5, 0.6) is 0 Å². The van der Waals surface area contributed by atoms with E-state index in [4.69, 9.17) is 16.6 Å². The number of hydrogen-bond acceptors (Lipinski definition) is 7. The highest BCUT2D eigenvalue weighted by atomic mass is 32.2. The monoisotopic (exact) mass is 433 g/mol. The van der Waals surface area contributed by atoms with Gasteiger partial charge >= 0.3 is 5.97 Å². The molecule has 0 aliphatic carbocycles. The Hall–Kier alpha value is -2.34. The Balaban J connectivity index is 5.10. The lowest BCUT2D eigenvalue weighted by Gasteiger charge is -2.25. The first-order chi connectivity index (χ1) is 13.5. The Morgan fingerprint density at radius 2 is 1.62 bits per heavy atom. The molecular formula is C17H31N5O6S. The van der Waals surface area contributed by atoms with Crippen LogP contribution in [-0.4, -0.2) is 71.4 Å². The van der Waals surface area contributed by atoms with Crippen LogP contribution in [0.1, 0.15) is 33.1 Å². The van der Waals surface area contributed by atoms with E-state index in [1.807, 2.05) is 6.26 Å². The normalized spacial score (nSPS) is 13.8. The van der Waals surface area contributed by atoms with Gasteiger partial charge in [-0.1, -0.05) is 13.8 Å². The smallest absolute Gasteiger partial charge is 0.322 e. The SMILES string of the molecule is CSCCC(NC(=O)C(N)CCC(N)=O)C(=O)NC(C(=O)NCC(=O)O)C(C)C. The lowest BCUT2D eigenvalue weighted by Crippen LogP contribution is -2.57. The van der Waals surface area contributed by atoms with Crippen LogP contribution >= 0.6 is 11.8 Å². The number of thioether (sulfide) groups is 1. The van der Waals surface area contributed by atoms with E-state index in [0.717, 1.165) is 0 Å². The molecule has 0 rings (SSSR count). The number of carbonyl (C=O) groups excluding carboxylic acids is 4. The van der Waals surface area contributed by atoms with Gasteiger partial charge in [-0.05, 0) is 30.8 Å². The van der Waals surface area contributed by atoms with E-state index in [1.54, 1.807) is 13.8 Å². The lowest BCUT2D eigenvalue weighted by atomic mass is 10.0. The maximum atomic E-state index is 12.7. The second-order valence-corrected chi connectivity index (χ2v) is 7.78. The van der Waals surface area contributed by atoms with Crippen molar-refractivity contribution in [1.29, 1.82) is 0 Å². The number of carboxylic acid groups (broad SMARTS) is 1. The van der Waals surface area contributed by atoms with Crippen molar-refractivity contribution in [3.63, 3.8) is 0 Å². The Bertz CT molecular complexity index is 601. The van der Waals surface area contributed by atoms with Crippen LogP contribution in [0.2, 0.25) is 0 Å². The molecule has 0 radical (unpaired) electrons. The molecule has 0 bridgehead atoms. The molecule has 166 valence electrons. The molecule has 29 heavy (non-hydrogen) atoms. The summed E-state index contributed by atoms with van der Waals surface area (Å²) in [6, 6.07) is -2.92. The minimum absolute atomic E-state index is 0.0459. The van der Waals surface area contributed by atoms with Gasteiger partial charge in [-0.2, -0.15) is 11.8 Å². The summed E-state index contributed by atoms with van der Waals surface area (Å²) in [6.07, 6.45) is 2.12. The van der Waals surface area contributed by atoms with Crippen LogP contribution in [0.4, 0.5) is 0 Å². The Labute approximate surface area is 174 Å². The van der Waals surface area contributed by atoms with E-state index in [9.17, 15) is 24.0 Å². The minimum atomic E-state index is -1.21. The standard InChI is InChI=1S/C17H31N5O6S/c1-9(2)14(17(28)20-8-13(24)25)22-16(27)11(6-7-29-3)21-15(26)10(18)4-5-12(19)23/h9-11,14H,4-8,18H2,1-3H3,(H2,19,23)(H,20,28)(H,21,26)(H,22,27)(H,24,25). The number of aliphatic carboxylic acids is 1. The summed E-state index contributed by atoms with van der Waals surface area (Å²) in [5, 5.41) is 16.0. The number of nitrogens with two attached hydrogens (primary N) is 2. The van der Waals surface area contributed by atoms with Crippen LogP contribution < -0.4 is 27.4 Å². The van der Waals surface area contributed by atoms with Crippen LogP contribution in [0, 0.1) is 5.92 Å². The third-order valence-electron chi connectivity index (χ3n) is 3.94. The average molecular weight is 434 g/mol.